The smallest absolute Gasteiger partial charge is 0.335 e. The number of nitrogens with one attached hydrogen (secondary N) is 3. The Kier molecular flexibility index (Phi) is 11.3. The third-order valence-electron chi connectivity index (χ3n) is 6.60. The molecule has 1 unspecified atom stereocenters. The molecule has 4 aromatic rings. The standard InChI is InChI=1S/C31H30ClFN8O5/c1-40(2)16-15-28(43)35-21-7-3-19(4-8-21)17-25(30(44)36-22-9-5-20(6-10-22)31(45)46)37-27(42)14-11-23-26(41-18-34-38-39-41)13-12-24(32)29(23)33/h3-14,18,25H,15-17H2,1-2H3,(H,35,43)(H,36,44)(H,37,42)(H,45,46). The van der Waals surface area contributed by atoms with Crippen LogP contribution in [-0.4, -0.2) is 80.6 Å². The first kappa shape index (κ1) is 33.4. The number of benzene rings is 3. The minimum Gasteiger partial charge on any atom is -0.478 e. The number of hydrogen-bond acceptors (Lipinski definition) is 8. The molecule has 0 saturated carbocycles. The molecule has 0 aliphatic carbocycles. The number of nitrogens with zero attached hydrogens (tertiary/aromatic N) is 5. The number of carboxylic acids is 1. The summed E-state index contributed by atoms with van der Waals surface area (Å²) in [6, 6.07) is 14.0. The van der Waals surface area contributed by atoms with Gasteiger partial charge in [-0.05, 0) is 84.7 Å². The van der Waals surface area contributed by atoms with E-state index >= 15 is 0 Å². The Balaban J connectivity index is 1.53. The number of carboxylic acid groups (broad SMARTS) is 1. The van der Waals surface area contributed by atoms with Crippen molar-refractivity contribution in [1.29, 1.82) is 0 Å². The number of carbonyl (C=O) groups excluding carboxylic acids is 3. The summed E-state index contributed by atoms with van der Waals surface area (Å²) < 4.78 is 16.2. The average molecular weight is 649 g/mol. The van der Waals surface area contributed by atoms with Crippen LogP contribution in [0.1, 0.15) is 27.9 Å². The molecule has 0 bridgehead atoms. The fourth-order valence-electron chi connectivity index (χ4n) is 4.21. The van der Waals surface area contributed by atoms with Crippen molar-refractivity contribution in [3.63, 3.8) is 0 Å². The Labute approximate surface area is 268 Å². The van der Waals surface area contributed by atoms with E-state index in [0.717, 1.165) is 6.08 Å². The average Bonchev–Trinajstić information content (AvgIpc) is 3.56. The molecular formula is C31H30ClFN8O5. The molecule has 4 rings (SSSR count). The van der Waals surface area contributed by atoms with Crippen LogP contribution in [0.25, 0.3) is 11.8 Å². The van der Waals surface area contributed by atoms with Crippen LogP contribution in [-0.2, 0) is 20.8 Å². The number of rotatable bonds is 13. The largest absolute Gasteiger partial charge is 0.478 e. The van der Waals surface area contributed by atoms with Gasteiger partial charge in [-0.3, -0.25) is 14.4 Å². The summed E-state index contributed by atoms with van der Waals surface area (Å²) in [5.74, 6) is -3.37. The highest BCUT2D eigenvalue weighted by Crippen LogP contribution is 2.25. The molecule has 3 amide bonds. The van der Waals surface area contributed by atoms with Crippen LogP contribution in [0.5, 0.6) is 0 Å². The molecule has 1 heterocycles. The van der Waals surface area contributed by atoms with Gasteiger partial charge in [-0.2, -0.15) is 4.68 Å². The highest BCUT2D eigenvalue weighted by molar-refractivity contribution is 6.31. The zero-order valence-electron chi connectivity index (χ0n) is 24.8. The van der Waals surface area contributed by atoms with Crippen molar-refractivity contribution >= 4 is 52.7 Å². The maximum atomic E-state index is 15.0. The van der Waals surface area contributed by atoms with Crippen LogP contribution >= 0.6 is 11.6 Å². The fourth-order valence-corrected chi connectivity index (χ4v) is 4.37. The van der Waals surface area contributed by atoms with Gasteiger partial charge in [-0.1, -0.05) is 23.7 Å². The van der Waals surface area contributed by atoms with Gasteiger partial charge in [0.2, 0.25) is 17.7 Å². The van der Waals surface area contributed by atoms with E-state index in [9.17, 15) is 23.6 Å². The quantitative estimate of drug-likeness (QED) is 0.159. The van der Waals surface area contributed by atoms with Crippen molar-refractivity contribution in [2.75, 3.05) is 31.3 Å². The lowest BCUT2D eigenvalue weighted by Gasteiger charge is -2.18. The zero-order valence-corrected chi connectivity index (χ0v) is 25.5. The van der Waals surface area contributed by atoms with Gasteiger partial charge in [-0.15, -0.1) is 5.10 Å². The van der Waals surface area contributed by atoms with Gasteiger partial charge in [-0.25, -0.2) is 9.18 Å². The third kappa shape index (κ3) is 9.27. The van der Waals surface area contributed by atoms with E-state index < -0.39 is 29.6 Å². The minimum atomic E-state index is -1.12. The lowest BCUT2D eigenvalue weighted by atomic mass is 10.0. The maximum Gasteiger partial charge on any atom is 0.335 e. The molecule has 46 heavy (non-hydrogen) atoms. The number of carbonyl (C=O) groups is 4. The first-order valence-electron chi connectivity index (χ1n) is 13.9. The molecule has 0 spiro atoms. The first-order chi connectivity index (χ1) is 22.0. The van der Waals surface area contributed by atoms with Gasteiger partial charge in [0.1, 0.15) is 12.4 Å². The van der Waals surface area contributed by atoms with Gasteiger partial charge < -0.3 is 26.0 Å². The Morgan fingerprint density at radius 3 is 2.30 bits per heavy atom. The highest BCUT2D eigenvalue weighted by atomic mass is 35.5. The Bertz CT molecular complexity index is 1730. The molecule has 15 heteroatoms. The van der Waals surface area contributed by atoms with Gasteiger partial charge in [0.25, 0.3) is 0 Å². The number of amides is 3. The van der Waals surface area contributed by atoms with Crippen molar-refractivity contribution in [2.45, 2.75) is 18.9 Å². The predicted octanol–water partition coefficient (Wildman–Crippen LogP) is 3.42. The number of tetrazole rings is 1. The molecule has 4 N–H and O–H groups in total. The van der Waals surface area contributed by atoms with Gasteiger partial charge in [0.05, 0.1) is 16.3 Å². The normalized spacial score (nSPS) is 11.8. The topological polar surface area (TPSA) is 171 Å². The summed E-state index contributed by atoms with van der Waals surface area (Å²) in [4.78, 5) is 51.7. The van der Waals surface area contributed by atoms with E-state index in [-0.39, 0.29) is 34.2 Å². The van der Waals surface area contributed by atoms with Crippen molar-refractivity contribution in [2.24, 2.45) is 0 Å². The lowest BCUT2D eigenvalue weighted by Crippen LogP contribution is -2.44. The lowest BCUT2D eigenvalue weighted by molar-refractivity contribution is -0.123. The number of aromatic nitrogens is 4. The van der Waals surface area contributed by atoms with Crippen LogP contribution < -0.4 is 16.0 Å². The van der Waals surface area contributed by atoms with Crippen LogP contribution in [0.3, 0.4) is 0 Å². The molecule has 1 aromatic heterocycles. The van der Waals surface area contributed by atoms with Crippen molar-refractivity contribution in [3.8, 4) is 5.69 Å². The van der Waals surface area contributed by atoms with E-state index in [1.165, 1.54) is 53.5 Å². The first-order valence-corrected chi connectivity index (χ1v) is 14.3. The fraction of sp³-hybridized carbons (Fsp3) is 0.194. The Morgan fingerprint density at radius 2 is 1.67 bits per heavy atom. The molecule has 0 aliphatic heterocycles. The molecule has 0 radical (unpaired) electrons. The molecule has 0 aliphatic rings. The van der Waals surface area contributed by atoms with Gasteiger partial charge in [0, 0.05) is 42.4 Å². The second-order valence-corrected chi connectivity index (χ2v) is 10.7. The van der Waals surface area contributed by atoms with Crippen molar-refractivity contribution < 1.29 is 28.7 Å². The highest BCUT2D eigenvalue weighted by Gasteiger charge is 2.22. The molecule has 1 atom stereocenters. The molecule has 0 fully saturated rings. The summed E-state index contributed by atoms with van der Waals surface area (Å²) in [5, 5.41) is 28.0. The van der Waals surface area contributed by atoms with E-state index in [4.69, 9.17) is 16.7 Å². The number of halogens is 2. The monoisotopic (exact) mass is 648 g/mol. The van der Waals surface area contributed by atoms with E-state index in [1.807, 2.05) is 19.0 Å². The summed E-state index contributed by atoms with van der Waals surface area (Å²) in [6.07, 6.45) is 3.87. The summed E-state index contributed by atoms with van der Waals surface area (Å²) in [7, 11) is 3.75. The number of aromatic carboxylic acids is 1. The molecule has 238 valence electrons. The van der Waals surface area contributed by atoms with E-state index in [2.05, 4.69) is 31.5 Å². The van der Waals surface area contributed by atoms with Crippen LogP contribution in [0.2, 0.25) is 5.02 Å². The third-order valence-corrected chi connectivity index (χ3v) is 6.89. The molecule has 0 saturated heterocycles. The Hall–Kier alpha value is -5.47. The predicted molar refractivity (Wildman–Crippen MR) is 169 cm³/mol. The second kappa shape index (κ2) is 15.5. The van der Waals surface area contributed by atoms with E-state index in [1.54, 1.807) is 24.3 Å². The molecule has 13 nitrogen and oxygen atoms in total. The van der Waals surface area contributed by atoms with Gasteiger partial charge in [0.15, 0.2) is 5.82 Å². The number of anilines is 2. The van der Waals surface area contributed by atoms with Gasteiger partial charge >= 0.3 is 5.97 Å². The summed E-state index contributed by atoms with van der Waals surface area (Å²) >= 11 is 5.97. The maximum absolute atomic E-state index is 15.0. The van der Waals surface area contributed by atoms with Crippen LogP contribution in [0, 0.1) is 5.82 Å². The second-order valence-electron chi connectivity index (χ2n) is 10.3. The Morgan fingerprint density at radius 1 is 1.00 bits per heavy atom. The zero-order chi connectivity index (χ0) is 33.2. The summed E-state index contributed by atoms with van der Waals surface area (Å²) in [6.45, 7) is 0.594. The van der Waals surface area contributed by atoms with Crippen molar-refractivity contribution in [3.05, 3.63) is 101 Å². The SMILES string of the molecule is CN(C)CCC(=O)Nc1ccc(CC(NC(=O)C=Cc2c(-n3cnnn3)ccc(Cl)c2F)C(=O)Nc2ccc(C(=O)O)cc2)cc1. The summed E-state index contributed by atoms with van der Waals surface area (Å²) in [5.41, 5.74) is 1.75. The minimum absolute atomic E-state index is 0.0381. The number of hydrogen-bond donors (Lipinski definition) is 4. The van der Waals surface area contributed by atoms with Crippen LogP contribution in [0.4, 0.5) is 15.8 Å². The molecule has 3 aromatic carbocycles. The molecular weight excluding hydrogens is 619 g/mol. The van der Waals surface area contributed by atoms with Crippen LogP contribution in [0.15, 0.2) is 73.1 Å². The van der Waals surface area contributed by atoms with Crippen molar-refractivity contribution in [1.82, 2.24) is 30.4 Å². The van der Waals surface area contributed by atoms with E-state index in [0.29, 0.717) is 29.9 Å².